The minimum Gasteiger partial charge on any atom is -0.343 e. The Morgan fingerprint density at radius 2 is 2.00 bits per heavy atom. The summed E-state index contributed by atoms with van der Waals surface area (Å²) in [5.74, 6) is -1.82. The number of benzene rings is 1. The molecule has 0 spiro atoms. The molecule has 2 nitrogen and oxygen atoms in total. The van der Waals surface area contributed by atoms with Crippen LogP contribution in [-0.4, -0.2) is 18.6 Å². The van der Waals surface area contributed by atoms with Gasteiger partial charge in [0.2, 0.25) is 0 Å². The lowest BCUT2D eigenvalue weighted by molar-refractivity contribution is -0.123. The number of alkyl halides is 3. The highest BCUT2D eigenvalue weighted by atomic mass is 35.5. The minimum atomic E-state index is -4.52. The Morgan fingerprint density at radius 3 is 2.56 bits per heavy atom. The van der Waals surface area contributed by atoms with Crippen molar-refractivity contribution in [2.45, 2.75) is 6.18 Å². The minimum absolute atomic E-state index is 0.110. The fourth-order valence-corrected chi connectivity index (χ4v) is 1.15. The van der Waals surface area contributed by atoms with E-state index in [2.05, 4.69) is 0 Å². The van der Waals surface area contributed by atoms with Gasteiger partial charge in [0.05, 0.1) is 10.6 Å². The highest BCUT2D eigenvalue weighted by molar-refractivity contribution is 6.33. The molecule has 0 aliphatic rings. The Kier molecular flexibility index (Phi) is 3.74. The molecule has 1 N–H and O–H groups in total. The van der Waals surface area contributed by atoms with E-state index in [1.165, 1.54) is 0 Å². The van der Waals surface area contributed by atoms with Crippen LogP contribution in [0.5, 0.6) is 0 Å². The van der Waals surface area contributed by atoms with Gasteiger partial charge < -0.3 is 5.32 Å². The Labute approximate surface area is 93.2 Å². The Hall–Kier alpha value is -1.30. The lowest BCUT2D eigenvalue weighted by Crippen LogP contribution is -2.33. The number of rotatable bonds is 2. The maximum absolute atomic E-state index is 12.7. The first-order valence-electron chi connectivity index (χ1n) is 4.09. The van der Waals surface area contributed by atoms with E-state index in [-0.39, 0.29) is 10.6 Å². The number of hydrogen-bond acceptors (Lipinski definition) is 1. The average Bonchev–Trinajstić information content (AvgIpc) is 2.17. The summed E-state index contributed by atoms with van der Waals surface area (Å²) >= 11 is 5.53. The molecule has 0 fully saturated rings. The topological polar surface area (TPSA) is 29.1 Å². The molecule has 1 rings (SSSR count). The van der Waals surface area contributed by atoms with Gasteiger partial charge in [-0.3, -0.25) is 4.79 Å². The van der Waals surface area contributed by atoms with Crippen LogP contribution in [0.3, 0.4) is 0 Å². The maximum atomic E-state index is 12.7. The first-order valence-corrected chi connectivity index (χ1v) is 4.47. The van der Waals surface area contributed by atoms with Crippen molar-refractivity contribution >= 4 is 17.5 Å². The summed E-state index contributed by atoms with van der Waals surface area (Å²) in [6, 6.07) is 2.87. The molecule has 16 heavy (non-hydrogen) atoms. The lowest BCUT2D eigenvalue weighted by Gasteiger charge is -2.09. The number of carbonyl (C=O) groups excluding carboxylic acids is 1. The molecule has 0 radical (unpaired) electrons. The average molecular weight is 256 g/mol. The second-order valence-electron chi connectivity index (χ2n) is 2.92. The molecule has 0 atom stereocenters. The number of amides is 1. The van der Waals surface area contributed by atoms with Crippen molar-refractivity contribution in [1.29, 1.82) is 0 Å². The monoisotopic (exact) mass is 255 g/mol. The van der Waals surface area contributed by atoms with Crippen LogP contribution >= 0.6 is 11.6 Å². The Bertz CT molecular complexity index is 405. The van der Waals surface area contributed by atoms with E-state index in [0.717, 1.165) is 18.2 Å². The van der Waals surface area contributed by atoms with Crippen LogP contribution in [0.25, 0.3) is 0 Å². The molecule has 0 aromatic heterocycles. The molecule has 0 aliphatic heterocycles. The lowest BCUT2D eigenvalue weighted by atomic mass is 10.2. The zero-order chi connectivity index (χ0) is 12.3. The largest absolute Gasteiger partial charge is 0.405 e. The van der Waals surface area contributed by atoms with Gasteiger partial charge >= 0.3 is 6.18 Å². The third-order valence-electron chi connectivity index (χ3n) is 1.62. The smallest absolute Gasteiger partial charge is 0.343 e. The van der Waals surface area contributed by atoms with Crippen LogP contribution < -0.4 is 5.32 Å². The van der Waals surface area contributed by atoms with Crippen molar-refractivity contribution in [2.75, 3.05) is 6.54 Å². The summed E-state index contributed by atoms with van der Waals surface area (Å²) in [5.41, 5.74) is -0.328. The molecule has 88 valence electrons. The van der Waals surface area contributed by atoms with Crippen LogP contribution in [0.2, 0.25) is 5.02 Å². The molecule has 0 aliphatic carbocycles. The van der Waals surface area contributed by atoms with Gasteiger partial charge in [0.15, 0.2) is 0 Å². The number of hydrogen-bond donors (Lipinski definition) is 1. The molecule has 0 unspecified atom stereocenters. The van der Waals surface area contributed by atoms with Crippen molar-refractivity contribution in [3.05, 3.63) is 34.6 Å². The van der Waals surface area contributed by atoms with Crippen molar-refractivity contribution in [3.63, 3.8) is 0 Å². The first-order chi connectivity index (χ1) is 7.29. The van der Waals surface area contributed by atoms with Gasteiger partial charge in [-0.05, 0) is 18.2 Å². The van der Waals surface area contributed by atoms with Gasteiger partial charge in [0, 0.05) is 0 Å². The molecular formula is C9H6ClF4NO. The highest BCUT2D eigenvalue weighted by Crippen LogP contribution is 2.18. The van der Waals surface area contributed by atoms with Crippen molar-refractivity contribution < 1.29 is 22.4 Å². The van der Waals surface area contributed by atoms with E-state index in [1.807, 2.05) is 0 Å². The standard InChI is InChI=1S/C9H6ClF4NO/c10-7-2-1-5(11)3-6(7)8(16)15-4-9(12,13)14/h1-3H,4H2,(H,15,16). The summed E-state index contributed by atoms with van der Waals surface area (Å²) in [7, 11) is 0. The van der Waals surface area contributed by atoms with Gasteiger partial charge in [0.1, 0.15) is 12.4 Å². The molecule has 0 heterocycles. The fraction of sp³-hybridized carbons (Fsp3) is 0.222. The van der Waals surface area contributed by atoms with Gasteiger partial charge in [-0.2, -0.15) is 13.2 Å². The van der Waals surface area contributed by atoms with Crippen molar-refractivity contribution in [2.24, 2.45) is 0 Å². The van der Waals surface area contributed by atoms with E-state index in [4.69, 9.17) is 11.6 Å². The highest BCUT2D eigenvalue weighted by Gasteiger charge is 2.28. The first kappa shape index (κ1) is 12.8. The van der Waals surface area contributed by atoms with E-state index in [0.29, 0.717) is 0 Å². The summed E-state index contributed by atoms with van der Waals surface area (Å²) < 4.78 is 48.1. The van der Waals surface area contributed by atoms with Crippen molar-refractivity contribution in [3.8, 4) is 0 Å². The van der Waals surface area contributed by atoms with Crippen LogP contribution in [0, 0.1) is 5.82 Å². The zero-order valence-electron chi connectivity index (χ0n) is 7.74. The second kappa shape index (κ2) is 4.69. The normalized spacial score (nSPS) is 11.3. The predicted octanol–water partition coefficient (Wildman–Crippen LogP) is 2.77. The van der Waals surface area contributed by atoms with Gasteiger partial charge in [0.25, 0.3) is 5.91 Å². The third-order valence-corrected chi connectivity index (χ3v) is 1.95. The molecular weight excluding hydrogens is 250 g/mol. The SMILES string of the molecule is O=C(NCC(F)(F)F)c1cc(F)ccc1Cl. The Morgan fingerprint density at radius 1 is 1.38 bits per heavy atom. The number of nitrogens with one attached hydrogen (secondary N) is 1. The van der Waals surface area contributed by atoms with Crippen molar-refractivity contribution in [1.82, 2.24) is 5.32 Å². The summed E-state index contributed by atoms with van der Waals surface area (Å²) in [6.07, 6.45) is -4.52. The van der Waals surface area contributed by atoms with Crippen LogP contribution in [0.1, 0.15) is 10.4 Å². The second-order valence-corrected chi connectivity index (χ2v) is 3.33. The van der Waals surface area contributed by atoms with Crippen LogP contribution in [-0.2, 0) is 0 Å². The van der Waals surface area contributed by atoms with E-state index >= 15 is 0 Å². The van der Waals surface area contributed by atoms with Gasteiger partial charge in [-0.15, -0.1) is 0 Å². The molecule has 7 heteroatoms. The molecule has 0 saturated heterocycles. The van der Waals surface area contributed by atoms with Crippen LogP contribution in [0.4, 0.5) is 17.6 Å². The van der Waals surface area contributed by atoms with E-state index in [1.54, 1.807) is 5.32 Å². The van der Waals surface area contributed by atoms with E-state index in [9.17, 15) is 22.4 Å². The van der Waals surface area contributed by atoms with E-state index < -0.39 is 24.4 Å². The summed E-state index contributed by atoms with van der Waals surface area (Å²) in [5, 5.41) is 1.48. The predicted molar refractivity (Wildman–Crippen MR) is 49.8 cm³/mol. The molecule has 1 amide bonds. The Balaban J connectivity index is 2.77. The third kappa shape index (κ3) is 3.69. The molecule has 1 aromatic rings. The zero-order valence-corrected chi connectivity index (χ0v) is 8.49. The summed E-state index contributed by atoms with van der Waals surface area (Å²) in [4.78, 5) is 11.2. The summed E-state index contributed by atoms with van der Waals surface area (Å²) in [6.45, 7) is -1.49. The number of carbonyl (C=O) groups is 1. The fourth-order valence-electron chi connectivity index (χ4n) is 0.947. The molecule has 0 bridgehead atoms. The van der Waals surface area contributed by atoms with Gasteiger partial charge in [-0.1, -0.05) is 11.6 Å². The molecule has 0 saturated carbocycles. The van der Waals surface area contributed by atoms with Crippen LogP contribution in [0.15, 0.2) is 18.2 Å². The van der Waals surface area contributed by atoms with Gasteiger partial charge in [-0.25, -0.2) is 4.39 Å². The quantitative estimate of drug-likeness (QED) is 0.809. The maximum Gasteiger partial charge on any atom is 0.405 e. The number of halogens is 5. The molecule has 1 aromatic carbocycles.